The number of carbonyl (C=O) groups excluding carboxylic acids is 2. The van der Waals surface area contributed by atoms with Gasteiger partial charge in [-0.05, 0) is 66.9 Å². The molecule has 1 atom stereocenters. The predicted octanol–water partition coefficient (Wildman–Crippen LogP) is 5.48. The molecule has 2 aliphatic heterocycles. The van der Waals surface area contributed by atoms with Crippen LogP contribution >= 0.6 is 0 Å². The molecule has 1 fully saturated rings. The average molecular weight is 516 g/mol. The molecule has 1 unspecified atom stereocenters. The van der Waals surface area contributed by atoms with Gasteiger partial charge in [0.25, 0.3) is 11.7 Å². The van der Waals surface area contributed by atoms with Crippen molar-refractivity contribution in [2.45, 2.75) is 26.8 Å². The van der Waals surface area contributed by atoms with E-state index in [1.807, 2.05) is 6.92 Å². The van der Waals surface area contributed by atoms with E-state index in [0.29, 0.717) is 58.9 Å². The molecule has 0 aliphatic carbocycles. The van der Waals surface area contributed by atoms with Crippen molar-refractivity contribution >= 4 is 23.1 Å². The van der Waals surface area contributed by atoms with E-state index in [-0.39, 0.29) is 18.1 Å². The minimum absolute atomic E-state index is 0.00678. The van der Waals surface area contributed by atoms with Crippen molar-refractivity contribution in [1.29, 1.82) is 0 Å². The summed E-state index contributed by atoms with van der Waals surface area (Å²) in [4.78, 5) is 28.2. The third-order valence-electron chi connectivity index (χ3n) is 6.30. The molecule has 38 heavy (non-hydrogen) atoms. The van der Waals surface area contributed by atoms with Crippen LogP contribution in [-0.2, 0) is 9.59 Å². The number of rotatable bonds is 8. The molecule has 0 saturated carbocycles. The Morgan fingerprint density at radius 1 is 0.947 bits per heavy atom. The van der Waals surface area contributed by atoms with Crippen LogP contribution in [0.1, 0.15) is 37.9 Å². The summed E-state index contributed by atoms with van der Waals surface area (Å²) in [7, 11) is 0. The molecule has 2 heterocycles. The maximum absolute atomic E-state index is 13.4. The molecule has 1 N–H and O–H groups in total. The number of anilines is 1. The molecule has 3 aromatic carbocycles. The number of aliphatic hydroxyl groups excluding tert-OH is 1. The molecule has 0 aromatic heterocycles. The second kappa shape index (κ2) is 10.5. The lowest BCUT2D eigenvalue weighted by molar-refractivity contribution is -0.132. The molecular formula is C30H29NO7. The Kier molecular flexibility index (Phi) is 6.96. The molecule has 1 saturated heterocycles. The SMILES string of the molecule is CCOc1ccc(C2/C(=C(\O)c3ccc(OCC(C)C)cc3)C(=O)C(=O)N2c2ccc3c(c2)OCO3)cc1. The van der Waals surface area contributed by atoms with E-state index in [1.165, 1.54) is 4.90 Å². The van der Waals surface area contributed by atoms with Crippen LogP contribution in [0.3, 0.4) is 0 Å². The molecule has 3 aromatic rings. The van der Waals surface area contributed by atoms with Gasteiger partial charge >= 0.3 is 0 Å². The quantitative estimate of drug-likeness (QED) is 0.241. The minimum Gasteiger partial charge on any atom is -0.507 e. The van der Waals surface area contributed by atoms with Crippen molar-refractivity contribution in [1.82, 2.24) is 0 Å². The Labute approximate surface area is 221 Å². The minimum atomic E-state index is -0.872. The number of carbonyl (C=O) groups is 2. The van der Waals surface area contributed by atoms with Crippen LogP contribution in [0.5, 0.6) is 23.0 Å². The first kappa shape index (κ1) is 25.2. The van der Waals surface area contributed by atoms with Gasteiger partial charge in [0.15, 0.2) is 11.5 Å². The highest BCUT2D eigenvalue weighted by Gasteiger charge is 2.47. The molecular weight excluding hydrogens is 486 g/mol. The summed E-state index contributed by atoms with van der Waals surface area (Å²) in [6.07, 6.45) is 0. The summed E-state index contributed by atoms with van der Waals surface area (Å²) in [5, 5.41) is 11.4. The Balaban J connectivity index is 1.59. The maximum Gasteiger partial charge on any atom is 0.300 e. The highest BCUT2D eigenvalue weighted by Crippen LogP contribution is 2.45. The fraction of sp³-hybridized carbons (Fsp3) is 0.267. The summed E-state index contributed by atoms with van der Waals surface area (Å²) in [6, 6.07) is 18.1. The maximum atomic E-state index is 13.4. The highest BCUT2D eigenvalue weighted by atomic mass is 16.7. The zero-order valence-corrected chi connectivity index (χ0v) is 21.5. The number of Topliss-reactive ketones (excluding diaryl/α,β-unsaturated/α-hetero) is 1. The van der Waals surface area contributed by atoms with Crippen LogP contribution in [0.2, 0.25) is 0 Å². The van der Waals surface area contributed by atoms with E-state index in [9.17, 15) is 14.7 Å². The molecule has 8 nitrogen and oxygen atoms in total. The molecule has 196 valence electrons. The van der Waals surface area contributed by atoms with Gasteiger partial charge in [-0.3, -0.25) is 14.5 Å². The Hall–Kier alpha value is -4.46. The van der Waals surface area contributed by atoms with Crippen molar-refractivity contribution in [3.8, 4) is 23.0 Å². The third-order valence-corrected chi connectivity index (χ3v) is 6.30. The van der Waals surface area contributed by atoms with Gasteiger partial charge in [-0.25, -0.2) is 0 Å². The molecule has 8 heteroatoms. The van der Waals surface area contributed by atoms with Gasteiger partial charge in [0.2, 0.25) is 6.79 Å². The van der Waals surface area contributed by atoms with Gasteiger partial charge in [-0.1, -0.05) is 26.0 Å². The number of amides is 1. The van der Waals surface area contributed by atoms with Gasteiger partial charge < -0.3 is 24.1 Å². The molecule has 2 aliphatic rings. The molecule has 1 amide bonds. The fourth-order valence-corrected chi connectivity index (χ4v) is 4.49. The monoisotopic (exact) mass is 515 g/mol. The first-order valence-electron chi connectivity index (χ1n) is 12.5. The lowest BCUT2D eigenvalue weighted by Crippen LogP contribution is -2.29. The van der Waals surface area contributed by atoms with E-state index >= 15 is 0 Å². The fourth-order valence-electron chi connectivity index (χ4n) is 4.49. The topological polar surface area (TPSA) is 94.5 Å². The van der Waals surface area contributed by atoms with Gasteiger partial charge in [0.1, 0.15) is 17.3 Å². The van der Waals surface area contributed by atoms with Crippen LogP contribution < -0.4 is 23.8 Å². The van der Waals surface area contributed by atoms with E-state index in [1.54, 1.807) is 66.7 Å². The van der Waals surface area contributed by atoms with Crippen LogP contribution in [0.4, 0.5) is 5.69 Å². The standard InChI is InChI=1S/C30H29NO7/c1-4-35-22-10-5-19(6-11-22)27-26(28(32)20-7-12-23(13-8-20)36-16-18(2)3)29(33)30(34)31(27)21-9-14-24-25(15-21)38-17-37-24/h5-15,18,27,32H,4,16-17H2,1-3H3/b28-26+. The number of fused-ring (bicyclic) bond motifs is 1. The Bertz CT molecular complexity index is 1380. The number of ether oxygens (including phenoxy) is 4. The molecule has 0 spiro atoms. The highest BCUT2D eigenvalue weighted by molar-refractivity contribution is 6.51. The Morgan fingerprint density at radius 3 is 2.29 bits per heavy atom. The lowest BCUT2D eigenvalue weighted by atomic mass is 9.95. The van der Waals surface area contributed by atoms with Crippen molar-refractivity contribution in [3.63, 3.8) is 0 Å². The third kappa shape index (κ3) is 4.77. The van der Waals surface area contributed by atoms with E-state index < -0.39 is 17.7 Å². The van der Waals surface area contributed by atoms with Crippen LogP contribution in [0, 0.1) is 5.92 Å². The normalized spacial score (nSPS) is 17.8. The average Bonchev–Trinajstić information content (AvgIpc) is 3.50. The van der Waals surface area contributed by atoms with Gasteiger partial charge in [0, 0.05) is 17.3 Å². The number of nitrogens with zero attached hydrogens (tertiary/aromatic N) is 1. The van der Waals surface area contributed by atoms with E-state index in [2.05, 4.69) is 13.8 Å². The smallest absolute Gasteiger partial charge is 0.300 e. The van der Waals surface area contributed by atoms with Crippen molar-refractivity contribution in [3.05, 3.63) is 83.4 Å². The lowest BCUT2D eigenvalue weighted by Gasteiger charge is -2.25. The number of benzene rings is 3. The summed E-state index contributed by atoms with van der Waals surface area (Å²) in [6.45, 7) is 7.15. The van der Waals surface area contributed by atoms with Crippen LogP contribution in [-0.4, -0.2) is 36.8 Å². The van der Waals surface area contributed by atoms with Crippen molar-refractivity contribution in [2.75, 3.05) is 24.9 Å². The number of ketones is 1. The Morgan fingerprint density at radius 2 is 1.61 bits per heavy atom. The second-order valence-corrected chi connectivity index (χ2v) is 9.44. The molecule has 0 radical (unpaired) electrons. The van der Waals surface area contributed by atoms with Crippen LogP contribution in [0.15, 0.2) is 72.3 Å². The van der Waals surface area contributed by atoms with E-state index in [4.69, 9.17) is 18.9 Å². The molecule has 0 bridgehead atoms. The van der Waals surface area contributed by atoms with Crippen LogP contribution in [0.25, 0.3) is 5.76 Å². The predicted molar refractivity (Wildman–Crippen MR) is 142 cm³/mol. The summed E-state index contributed by atoms with van der Waals surface area (Å²) in [5.41, 5.74) is 1.49. The van der Waals surface area contributed by atoms with Crippen molar-refractivity contribution < 1.29 is 33.6 Å². The zero-order valence-electron chi connectivity index (χ0n) is 21.5. The molecule has 5 rings (SSSR count). The van der Waals surface area contributed by atoms with Gasteiger partial charge in [-0.2, -0.15) is 0 Å². The largest absolute Gasteiger partial charge is 0.507 e. The first-order valence-corrected chi connectivity index (χ1v) is 12.5. The van der Waals surface area contributed by atoms with Crippen molar-refractivity contribution in [2.24, 2.45) is 5.92 Å². The number of aliphatic hydroxyl groups is 1. The summed E-state index contributed by atoms with van der Waals surface area (Å²) < 4.78 is 22.2. The van der Waals surface area contributed by atoms with Gasteiger partial charge in [-0.15, -0.1) is 0 Å². The number of hydrogen-bond donors (Lipinski definition) is 1. The van der Waals surface area contributed by atoms with E-state index in [0.717, 1.165) is 0 Å². The van der Waals surface area contributed by atoms with Gasteiger partial charge in [0.05, 0.1) is 24.8 Å². The summed E-state index contributed by atoms with van der Waals surface area (Å²) in [5.74, 6) is 0.924. The number of hydrogen-bond acceptors (Lipinski definition) is 7. The first-order chi connectivity index (χ1) is 18.4. The summed E-state index contributed by atoms with van der Waals surface area (Å²) >= 11 is 0. The second-order valence-electron chi connectivity index (χ2n) is 9.44. The zero-order chi connectivity index (χ0) is 26.8.